The standard InChI is InChI=1S/C16H13ClN2O3/c1-18-13-10(17)7-9(14(18)20)11-12(13)16(22)19(15(11)21)8-5-3-2-4-6-8/h2-7,9,11-13H,1H3/t9-,11+,12+,13-/m0/s1. The highest BCUT2D eigenvalue weighted by atomic mass is 35.5. The van der Waals surface area contributed by atoms with E-state index in [-0.39, 0.29) is 17.7 Å². The number of hydrogen-bond acceptors (Lipinski definition) is 3. The van der Waals surface area contributed by atoms with Crippen LogP contribution in [0.5, 0.6) is 0 Å². The Morgan fingerprint density at radius 1 is 0.955 bits per heavy atom. The third kappa shape index (κ3) is 1.52. The topological polar surface area (TPSA) is 57.7 Å². The number of nitrogens with zero attached hydrogens (tertiary/aromatic N) is 2. The molecule has 4 atom stereocenters. The molecule has 0 spiro atoms. The maximum atomic E-state index is 12.8. The molecule has 0 radical (unpaired) electrons. The van der Waals surface area contributed by atoms with Crippen molar-refractivity contribution in [1.29, 1.82) is 0 Å². The van der Waals surface area contributed by atoms with Crippen LogP contribution in [0, 0.1) is 17.8 Å². The van der Waals surface area contributed by atoms with E-state index in [9.17, 15) is 14.4 Å². The molecule has 6 heteroatoms. The first kappa shape index (κ1) is 13.5. The number of likely N-dealkylation sites (N-methyl/N-ethyl adjacent to an activating group) is 1. The number of para-hydroxylation sites is 1. The molecule has 1 aromatic rings. The zero-order chi connectivity index (χ0) is 15.6. The highest BCUT2D eigenvalue weighted by molar-refractivity contribution is 6.33. The van der Waals surface area contributed by atoms with Gasteiger partial charge in [0, 0.05) is 12.1 Å². The number of fused-ring (bicyclic) bond motifs is 1. The van der Waals surface area contributed by atoms with E-state index in [4.69, 9.17) is 11.6 Å². The van der Waals surface area contributed by atoms with Crippen LogP contribution < -0.4 is 4.90 Å². The smallest absolute Gasteiger partial charge is 0.240 e. The summed E-state index contributed by atoms with van der Waals surface area (Å²) in [6.07, 6.45) is 1.63. The van der Waals surface area contributed by atoms with Crippen molar-refractivity contribution in [1.82, 2.24) is 4.90 Å². The Kier molecular flexibility index (Phi) is 2.72. The van der Waals surface area contributed by atoms with E-state index >= 15 is 0 Å². The lowest BCUT2D eigenvalue weighted by atomic mass is 9.70. The van der Waals surface area contributed by atoms with E-state index in [2.05, 4.69) is 0 Å². The number of carbonyl (C=O) groups excluding carboxylic acids is 3. The van der Waals surface area contributed by atoms with E-state index in [1.54, 1.807) is 37.4 Å². The second-order valence-electron chi connectivity index (χ2n) is 5.87. The Balaban J connectivity index is 1.82. The minimum atomic E-state index is -0.641. The van der Waals surface area contributed by atoms with E-state index in [1.807, 2.05) is 6.07 Å². The molecule has 3 amide bonds. The summed E-state index contributed by atoms with van der Waals surface area (Å²) in [7, 11) is 1.63. The van der Waals surface area contributed by atoms with Crippen LogP contribution in [0.25, 0.3) is 0 Å². The van der Waals surface area contributed by atoms with Gasteiger partial charge in [-0.05, 0) is 12.1 Å². The molecule has 1 aromatic carbocycles. The van der Waals surface area contributed by atoms with Crippen LogP contribution in [0.1, 0.15) is 0 Å². The number of hydrogen-bond donors (Lipinski definition) is 0. The molecule has 4 aliphatic rings. The molecule has 3 aliphatic heterocycles. The van der Waals surface area contributed by atoms with Gasteiger partial charge in [0.25, 0.3) is 0 Å². The van der Waals surface area contributed by atoms with Gasteiger partial charge >= 0.3 is 0 Å². The van der Waals surface area contributed by atoms with Gasteiger partial charge in [0.2, 0.25) is 17.7 Å². The maximum absolute atomic E-state index is 12.8. The molecule has 5 rings (SSSR count). The number of benzene rings is 1. The Bertz CT molecular complexity index is 730. The van der Waals surface area contributed by atoms with Gasteiger partial charge in [-0.25, -0.2) is 4.90 Å². The van der Waals surface area contributed by atoms with Crippen LogP contribution in [0.4, 0.5) is 5.69 Å². The zero-order valence-corrected chi connectivity index (χ0v) is 12.5. The summed E-state index contributed by atoms with van der Waals surface area (Å²) in [6.45, 7) is 0. The third-order valence-corrected chi connectivity index (χ3v) is 5.16. The molecule has 2 fully saturated rings. The number of halogens is 1. The Labute approximate surface area is 132 Å². The number of carbonyl (C=O) groups is 3. The number of amides is 3. The Hall–Kier alpha value is -2.14. The summed E-state index contributed by atoms with van der Waals surface area (Å²) < 4.78 is 0. The van der Waals surface area contributed by atoms with Crippen molar-refractivity contribution in [3.63, 3.8) is 0 Å². The number of anilines is 1. The first-order valence-corrected chi connectivity index (χ1v) is 7.47. The van der Waals surface area contributed by atoms with Crippen LogP contribution >= 0.6 is 11.6 Å². The summed E-state index contributed by atoms with van der Waals surface area (Å²) in [5, 5.41) is 0.476. The van der Waals surface area contributed by atoms with Crippen molar-refractivity contribution in [3.05, 3.63) is 41.4 Å². The lowest BCUT2D eigenvalue weighted by Crippen LogP contribution is -2.59. The van der Waals surface area contributed by atoms with Crippen LogP contribution in [0.15, 0.2) is 41.4 Å². The van der Waals surface area contributed by atoms with Crippen molar-refractivity contribution in [3.8, 4) is 0 Å². The Morgan fingerprint density at radius 2 is 1.59 bits per heavy atom. The molecule has 2 saturated heterocycles. The van der Waals surface area contributed by atoms with Gasteiger partial charge in [-0.2, -0.15) is 0 Å². The fraction of sp³-hybridized carbons (Fsp3) is 0.312. The number of imide groups is 1. The van der Waals surface area contributed by atoms with Gasteiger partial charge < -0.3 is 4.90 Å². The summed E-state index contributed by atoms with van der Waals surface area (Å²) in [5.41, 5.74) is 0.539. The van der Waals surface area contributed by atoms with E-state index in [0.717, 1.165) is 0 Å². The first-order valence-electron chi connectivity index (χ1n) is 7.09. The van der Waals surface area contributed by atoms with Gasteiger partial charge in [-0.15, -0.1) is 0 Å². The van der Waals surface area contributed by atoms with Crippen molar-refractivity contribution < 1.29 is 14.4 Å². The van der Waals surface area contributed by atoms with Crippen molar-refractivity contribution in [2.75, 3.05) is 11.9 Å². The monoisotopic (exact) mass is 316 g/mol. The second kappa shape index (κ2) is 4.43. The zero-order valence-electron chi connectivity index (χ0n) is 11.8. The average molecular weight is 317 g/mol. The van der Waals surface area contributed by atoms with E-state index in [0.29, 0.717) is 10.7 Å². The predicted molar refractivity (Wildman–Crippen MR) is 79.9 cm³/mol. The molecule has 0 aromatic heterocycles. The fourth-order valence-electron chi connectivity index (χ4n) is 3.82. The summed E-state index contributed by atoms with van der Waals surface area (Å²) in [4.78, 5) is 40.6. The maximum Gasteiger partial charge on any atom is 0.240 e. The summed E-state index contributed by atoms with van der Waals surface area (Å²) in [5.74, 6) is -2.59. The van der Waals surface area contributed by atoms with Gasteiger partial charge in [0.05, 0.1) is 29.5 Å². The van der Waals surface area contributed by atoms with Crippen molar-refractivity contribution >= 4 is 35.0 Å². The second-order valence-corrected chi connectivity index (χ2v) is 6.31. The normalized spacial score (nSPS) is 33.4. The predicted octanol–water partition coefficient (Wildman–Crippen LogP) is 1.39. The third-order valence-electron chi connectivity index (χ3n) is 4.81. The number of piperidine rings is 1. The van der Waals surface area contributed by atoms with E-state index < -0.39 is 23.8 Å². The number of rotatable bonds is 1. The first-order chi connectivity index (χ1) is 10.5. The molecule has 1 aliphatic carbocycles. The van der Waals surface area contributed by atoms with E-state index in [1.165, 1.54) is 9.80 Å². The van der Waals surface area contributed by atoms with Crippen LogP contribution in [0.3, 0.4) is 0 Å². The van der Waals surface area contributed by atoms with Crippen molar-refractivity contribution in [2.24, 2.45) is 17.8 Å². The highest BCUT2D eigenvalue weighted by Gasteiger charge is 2.63. The molecular weight excluding hydrogens is 304 g/mol. The minimum absolute atomic E-state index is 0.147. The molecule has 0 unspecified atom stereocenters. The molecule has 5 nitrogen and oxygen atoms in total. The molecule has 112 valence electrons. The average Bonchev–Trinajstić information content (AvgIpc) is 2.77. The molecule has 3 heterocycles. The van der Waals surface area contributed by atoms with Crippen LogP contribution in [0.2, 0.25) is 0 Å². The SMILES string of the molecule is CN1C(=O)[C@H]2C=C(Cl)[C@H]1[C@@H]1C(=O)N(c3ccccc3)C(=O)[C@@H]12. The van der Waals surface area contributed by atoms with Gasteiger partial charge in [0.1, 0.15) is 0 Å². The summed E-state index contributed by atoms with van der Waals surface area (Å²) in [6, 6.07) is 8.27. The minimum Gasteiger partial charge on any atom is -0.336 e. The fourth-order valence-corrected chi connectivity index (χ4v) is 4.24. The molecule has 2 bridgehead atoms. The van der Waals surface area contributed by atoms with Gasteiger partial charge in [-0.3, -0.25) is 14.4 Å². The largest absolute Gasteiger partial charge is 0.336 e. The van der Waals surface area contributed by atoms with Gasteiger partial charge in [0.15, 0.2) is 0 Å². The highest BCUT2D eigenvalue weighted by Crippen LogP contribution is 2.49. The van der Waals surface area contributed by atoms with Gasteiger partial charge in [-0.1, -0.05) is 35.9 Å². The lowest BCUT2D eigenvalue weighted by Gasteiger charge is -2.45. The summed E-state index contributed by atoms with van der Waals surface area (Å²) >= 11 is 6.23. The quantitative estimate of drug-likeness (QED) is 0.736. The van der Waals surface area contributed by atoms with Crippen LogP contribution in [-0.4, -0.2) is 35.7 Å². The molecular formula is C16H13ClN2O3. The lowest BCUT2D eigenvalue weighted by molar-refractivity contribution is -0.148. The van der Waals surface area contributed by atoms with Crippen LogP contribution in [-0.2, 0) is 14.4 Å². The molecule has 0 saturated carbocycles. The van der Waals surface area contributed by atoms with Crippen molar-refractivity contribution in [2.45, 2.75) is 6.04 Å². The molecule has 22 heavy (non-hydrogen) atoms. The Morgan fingerprint density at radius 3 is 2.27 bits per heavy atom. The molecule has 0 N–H and O–H groups in total.